The molecule has 0 amide bonds. The summed E-state index contributed by atoms with van der Waals surface area (Å²) in [6.45, 7) is 1.16. The summed E-state index contributed by atoms with van der Waals surface area (Å²) in [5, 5.41) is 9.92. The highest BCUT2D eigenvalue weighted by atomic mass is 16.5. The van der Waals surface area contributed by atoms with Gasteiger partial charge in [0.15, 0.2) is 0 Å². The lowest BCUT2D eigenvalue weighted by Crippen LogP contribution is -2.12. The van der Waals surface area contributed by atoms with Gasteiger partial charge in [-0.2, -0.15) is 0 Å². The van der Waals surface area contributed by atoms with Crippen LogP contribution in [0.5, 0.6) is 0 Å². The molecule has 0 aromatic heterocycles. The summed E-state index contributed by atoms with van der Waals surface area (Å²) in [7, 11) is 0. The maximum atomic E-state index is 9.92. The largest absolute Gasteiger partial charge is 0.399 e. The molecule has 1 unspecified atom stereocenters. The molecular weight excluding hydrogens is 214 g/mol. The highest BCUT2D eigenvalue weighted by molar-refractivity contribution is 5.39. The molecule has 3 N–H and O–H groups in total. The number of aliphatic hydroxyl groups excluding tert-OH is 1. The Balaban J connectivity index is 1.72. The number of ether oxygens (including phenoxy) is 1. The minimum atomic E-state index is -0.544. The van der Waals surface area contributed by atoms with Gasteiger partial charge in [-0.1, -0.05) is 25.0 Å². The Kier molecular flexibility index (Phi) is 4.40. The molecule has 94 valence electrons. The molecule has 17 heavy (non-hydrogen) atoms. The Morgan fingerprint density at radius 3 is 2.53 bits per heavy atom. The van der Waals surface area contributed by atoms with Crippen LogP contribution in [0.25, 0.3) is 0 Å². The second-order valence-electron chi connectivity index (χ2n) is 4.87. The van der Waals surface area contributed by atoms with E-state index in [0.717, 1.165) is 12.2 Å². The predicted molar refractivity (Wildman–Crippen MR) is 68.6 cm³/mol. The van der Waals surface area contributed by atoms with Crippen LogP contribution in [0.1, 0.15) is 37.4 Å². The molecule has 0 aliphatic heterocycles. The minimum absolute atomic E-state index is 0.375. The molecule has 2 rings (SSSR count). The van der Waals surface area contributed by atoms with E-state index < -0.39 is 6.10 Å². The highest BCUT2D eigenvalue weighted by Gasteiger charge is 2.16. The van der Waals surface area contributed by atoms with Gasteiger partial charge in [0.1, 0.15) is 6.10 Å². The molecule has 0 radical (unpaired) electrons. The molecule has 1 saturated carbocycles. The molecule has 1 aliphatic rings. The van der Waals surface area contributed by atoms with Crippen molar-refractivity contribution in [2.45, 2.75) is 31.8 Å². The second-order valence-corrected chi connectivity index (χ2v) is 4.87. The van der Waals surface area contributed by atoms with E-state index in [1.54, 1.807) is 12.1 Å². The van der Waals surface area contributed by atoms with Crippen molar-refractivity contribution >= 4 is 5.69 Å². The van der Waals surface area contributed by atoms with Crippen molar-refractivity contribution in [2.24, 2.45) is 5.92 Å². The quantitative estimate of drug-likeness (QED) is 0.771. The van der Waals surface area contributed by atoms with E-state index in [9.17, 15) is 5.11 Å². The van der Waals surface area contributed by atoms with Crippen LogP contribution < -0.4 is 5.73 Å². The number of hydrogen-bond acceptors (Lipinski definition) is 3. The first kappa shape index (κ1) is 12.4. The maximum absolute atomic E-state index is 9.92. The SMILES string of the molecule is Nc1ccc(C(O)COCC2CCCC2)cc1. The summed E-state index contributed by atoms with van der Waals surface area (Å²) in [5.74, 6) is 0.702. The molecule has 0 heterocycles. The zero-order valence-electron chi connectivity index (χ0n) is 10.1. The molecule has 1 aromatic carbocycles. The van der Waals surface area contributed by atoms with Gasteiger partial charge in [-0.3, -0.25) is 0 Å². The zero-order chi connectivity index (χ0) is 12.1. The lowest BCUT2D eigenvalue weighted by Gasteiger charge is -2.14. The Morgan fingerprint density at radius 1 is 1.24 bits per heavy atom. The van der Waals surface area contributed by atoms with Gasteiger partial charge in [0.05, 0.1) is 6.61 Å². The van der Waals surface area contributed by atoms with Crippen LogP contribution in [-0.2, 0) is 4.74 Å². The highest BCUT2D eigenvalue weighted by Crippen LogP contribution is 2.25. The topological polar surface area (TPSA) is 55.5 Å². The molecule has 1 aromatic rings. The minimum Gasteiger partial charge on any atom is -0.399 e. The lowest BCUT2D eigenvalue weighted by atomic mass is 10.1. The molecule has 1 atom stereocenters. The number of anilines is 1. The van der Waals surface area contributed by atoms with Gasteiger partial charge in [-0.25, -0.2) is 0 Å². The fraction of sp³-hybridized carbons (Fsp3) is 0.571. The first-order chi connectivity index (χ1) is 8.25. The third-order valence-corrected chi connectivity index (χ3v) is 3.43. The molecule has 3 heteroatoms. The lowest BCUT2D eigenvalue weighted by molar-refractivity contribution is 0.0212. The first-order valence-electron chi connectivity index (χ1n) is 6.37. The molecule has 1 fully saturated rings. The van der Waals surface area contributed by atoms with Crippen molar-refractivity contribution in [3.63, 3.8) is 0 Å². The van der Waals surface area contributed by atoms with Crippen LogP contribution in [0.2, 0.25) is 0 Å². The van der Waals surface area contributed by atoms with E-state index in [0.29, 0.717) is 18.2 Å². The molecule has 1 aliphatic carbocycles. The molecule has 0 bridgehead atoms. The van der Waals surface area contributed by atoms with Gasteiger partial charge < -0.3 is 15.6 Å². The molecule has 0 spiro atoms. The van der Waals surface area contributed by atoms with E-state index in [2.05, 4.69) is 0 Å². The van der Waals surface area contributed by atoms with Crippen molar-refractivity contribution in [2.75, 3.05) is 18.9 Å². The van der Waals surface area contributed by atoms with Gasteiger partial charge in [0.25, 0.3) is 0 Å². The van der Waals surface area contributed by atoms with Gasteiger partial charge in [0.2, 0.25) is 0 Å². The van der Waals surface area contributed by atoms with Crippen molar-refractivity contribution in [3.8, 4) is 0 Å². The zero-order valence-corrected chi connectivity index (χ0v) is 10.1. The van der Waals surface area contributed by atoms with E-state index >= 15 is 0 Å². The number of nitrogen functional groups attached to an aromatic ring is 1. The van der Waals surface area contributed by atoms with Crippen molar-refractivity contribution in [3.05, 3.63) is 29.8 Å². The third-order valence-electron chi connectivity index (χ3n) is 3.43. The van der Waals surface area contributed by atoms with Crippen LogP contribution in [0, 0.1) is 5.92 Å². The maximum Gasteiger partial charge on any atom is 0.102 e. The summed E-state index contributed by atoms with van der Waals surface area (Å²) in [6.07, 6.45) is 4.66. The summed E-state index contributed by atoms with van der Waals surface area (Å²) in [4.78, 5) is 0. The Labute approximate surface area is 103 Å². The van der Waals surface area contributed by atoms with Crippen LogP contribution in [0.4, 0.5) is 5.69 Å². The number of nitrogens with two attached hydrogens (primary N) is 1. The van der Waals surface area contributed by atoms with Crippen molar-refractivity contribution in [1.29, 1.82) is 0 Å². The van der Waals surface area contributed by atoms with Crippen LogP contribution in [-0.4, -0.2) is 18.3 Å². The standard InChI is InChI=1S/C14H21NO2/c15-13-7-5-12(6-8-13)14(16)10-17-9-11-3-1-2-4-11/h5-8,11,14,16H,1-4,9-10,15H2. The van der Waals surface area contributed by atoms with Crippen LogP contribution >= 0.6 is 0 Å². The van der Waals surface area contributed by atoms with E-state index in [1.165, 1.54) is 25.7 Å². The van der Waals surface area contributed by atoms with E-state index in [4.69, 9.17) is 10.5 Å². The third kappa shape index (κ3) is 3.72. The molecule has 0 saturated heterocycles. The molecule has 3 nitrogen and oxygen atoms in total. The summed E-state index contributed by atoms with van der Waals surface area (Å²) in [5.41, 5.74) is 7.18. The smallest absolute Gasteiger partial charge is 0.102 e. The molecular formula is C14H21NO2. The summed E-state index contributed by atoms with van der Waals surface area (Å²) in [6, 6.07) is 7.29. The second kappa shape index (κ2) is 6.03. The number of aliphatic hydroxyl groups is 1. The van der Waals surface area contributed by atoms with E-state index in [-0.39, 0.29) is 0 Å². The number of rotatable bonds is 5. The van der Waals surface area contributed by atoms with Gasteiger partial charge >= 0.3 is 0 Å². The Bertz CT molecular complexity index is 331. The fourth-order valence-corrected chi connectivity index (χ4v) is 2.34. The van der Waals surface area contributed by atoms with Crippen molar-refractivity contribution in [1.82, 2.24) is 0 Å². The monoisotopic (exact) mass is 235 g/mol. The average Bonchev–Trinajstić information content (AvgIpc) is 2.83. The number of benzene rings is 1. The Hall–Kier alpha value is -1.06. The van der Waals surface area contributed by atoms with Gasteiger partial charge in [0, 0.05) is 12.3 Å². The predicted octanol–water partition coefficient (Wildman–Crippen LogP) is 2.51. The Morgan fingerprint density at radius 2 is 1.88 bits per heavy atom. The van der Waals surface area contributed by atoms with Crippen LogP contribution in [0.3, 0.4) is 0 Å². The average molecular weight is 235 g/mol. The summed E-state index contributed by atoms with van der Waals surface area (Å²) < 4.78 is 5.58. The number of hydrogen-bond donors (Lipinski definition) is 2. The van der Waals surface area contributed by atoms with Crippen molar-refractivity contribution < 1.29 is 9.84 Å². The fourth-order valence-electron chi connectivity index (χ4n) is 2.34. The van der Waals surface area contributed by atoms with Crippen LogP contribution in [0.15, 0.2) is 24.3 Å². The van der Waals surface area contributed by atoms with E-state index in [1.807, 2.05) is 12.1 Å². The van der Waals surface area contributed by atoms with Gasteiger partial charge in [-0.05, 0) is 36.5 Å². The summed E-state index contributed by atoms with van der Waals surface area (Å²) >= 11 is 0. The van der Waals surface area contributed by atoms with Gasteiger partial charge in [-0.15, -0.1) is 0 Å². The first-order valence-corrected chi connectivity index (χ1v) is 6.37. The normalized spacial score (nSPS) is 18.4.